The Morgan fingerprint density at radius 1 is 1.32 bits per heavy atom. The molecule has 0 aromatic carbocycles. The van der Waals surface area contributed by atoms with Crippen LogP contribution in [0.25, 0.3) is 22.6 Å². The fraction of sp³-hybridized carbons (Fsp3) is 0.240. The van der Waals surface area contributed by atoms with Crippen LogP contribution in [-0.4, -0.2) is 48.9 Å². The quantitative estimate of drug-likeness (QED) is 0.269. The average molecular weight is 542 g/mol. The summed E-state index contributed by atoms with van der Waals surface area (Å²) in [4.78, 5) is 12.2. The van der Waals surface area contributed by atoms with Gasteiger partial charge in [0.1, 0.15) is 24.0 Å². The number of hydrogen-bond donors (Lipinski definition) is 2. The van der Waals surface area contributed by atoms with Crippen LogP contribution in [0.4, 0.5) is 19.0 Å². The van der Waals surface area contributed by atoms with E-state index >= 15 is 8.78 Å². The van der Waals surface area contributed by atoms with Gasteiger partial charge in [0.05, 0.1) is 16.8 Å². The highest BCUT2D eigenvalue weighted by atomic mass is 35.5. The van der Waals surface area contributed by atoms with Crippen LogP contribution < -0.4 is 11.1 Å². The minimum atomic E-state index is -3.58. The van der Waals surface area contributed by atoms with Crippen molar-refractivity contribution in [2.24, 2.45) is 10.7 Å². The Balaban J connectivity index is 1.58. The number of anilines is 1. The second-order valence-corrected chi connectivity index (χ2v) is 9.08. The molecule has 1 aliphatic rings. The fourth-order valence-corrected chi connectivity index (χ4v) is 4.70. The molecule has 5 heterocycles. The zero-order valence-corrected chi connectivity index (χ0v) is 21.2. The topological polar surface area (TPSA) is 112 Å². The van der Waals surface area contributed by atoms with E-state index in [1.54, 1.807) is 42.1 Å². The predicted octanol–water partition coefficient (Wildman–Crippen LogP) is 4.74. The second-order valence-electron chi connectivity index (χ2n) is 8.68. The first-order chi connectivity index (χ1) is 18.3. The van der Waals surface area contributed by atoms with E-state index in [9.17, 15) is 4.39 Å². The van der Waals surface area contributed by atoms with Crippen LogP contribution in [0.5, 0.6) is 0 Å². The van der Waals surface area contributed by atoms with Gasteiger partial charge in [-0.25, -0.2) is 9.37 Å². The smallest absolute Gasteiger partial charge is 0.348 e. The van der Waals surface area contributed by atoms with Gasteiger partial charge in [0.25, 0.3) is 0 Å². The first kappa shape index (κ1) is 25.5. The number of aryl methyl sites for hydroxylation is 1. The normalized spacial score (nSPS) is 15.5. The van der Waals surface area contributed by atoms with Crippen molar-refractivity contribution in [3.8, 4) is 22.6 Å². The zero-order valence-electron chi connectivity index (χ0n) is 20.4. The molecule has 0 bridgehead atoms. The number of aliphatic imine (C=N–C) groups is 1. The van der Waals surface area contributed by atoms with Crippen molar-refractivity contribution in [3.05, 3.63) is 77.2 Å². The van der Waals surface area contributed by atoms with Gasteiger partial charge in [0.2, 0.25) is 5.82 Å². The monoisotopic (exact) mass is 541 g/mol. The molecule has 13 heteroatoms. The van der Waals surface area contributed by atoms with Gasteiger partial charge in [-0.15, -0.1) is 10.2 Å². The molecule has 0 spiro atoms. The first-order valence-corrected chi connectivity index (χ1v) is 12.0. The number of alkyl halides is 3. The molecule has 5 rings (SSSR count). The first-order valence-electron chi connectivity index (χ1n) is 11.6. The van der Waals surface area contributed by atoms with Crippen LogP contribution in [0.3, 0.4) is 0 Å². The molecular weight excluding hydrogens is 519 g/mol. The maximum absolute atomic E-state index is 15.6. The van der Waals surface area contributed by atoms with Crippen molar-refractivity contribution < 1.29 is 13.2 Å². The van der Waals surface area contributed by atoms with E-state index in [2.05, 4.69) is 30.5 Å². The Morgan fingerprint density at radius 2 is 2.13 bits per heavy atom. The average Bonchev–Trinajstić information content (AvgIpc) is 3.54. The highest BCUT2D eigenvalue weighted by Crippen LogP contribution is 2.42. The number of nitrogens with two attached hydrogens (primary N) is 1. The molecule has 4 aromatic rings. The lowest BCUT2D eigenvalue weighted by Crippen LogP contribution is -2.31. The van der Waals surface area contributed by atoms with Gasteiger partial charge in [-0.05, 0) is 43.0 Å². The van der Waals surface area contributed by atoms with Gasteiger partial charge in [-0.2, -0.15) is 8.78 Å². The summed E-state index contributed by atoms with van der Waals surface area (Å²) >= 11 is 6.47. The largest absolute Gasteiger partial charge is 0.404 e. The number of hydrogen-bond acceptors (Lipinski definition) is 6. The summed E-state index contributed by atoms with van der Waals surface area (Å²) in [5, 5.41) is 11.3. The highest BCUT2D eigenvalue weighted by molar-refractivity contribution is 6.33. The van der Waals surface area contributed by atoms with Crippen LogP contribution in [0.15, 0.2) is 60.1 Å². The summed E-state index contributed by atoms with van der Waals surface area (Å²) in [6.07, 6.45) is 7.47. The lowest BCUT2D eigenvalue weighted by molar-refractivity contribution is 0.0205. The summed E-state index contributed by atoms with van der Waals surface area (Å²) in [5.74, 6) is -3.15. The number of aromatic nitrogens is 6. The van der Waals surface area contributed by atoms with Crippen molar-refractivity contribution in [3.63, 3.8) is 0 Å². The minimum Gasteiger partial charge on any atom is -0.404 e. The van der Waals surface area contributed by atoms with Gasteiger partial charge in [-0.3, -0.25) is 14.5 Å². The molecule has 0 fully saturated rings. The number of fused-ring (bicyclic) bond motifs is 3. The summed E-state index contributed by atoms with van der Waals surface area (Å²) < 4.78 is 48.5. The maximum Gasteiger partial charge on any atom is 0.348 e. The number of halogens is 4. The SMILES string of the molecule is CN=C(C=CN)Nc1cc(-c2cc3n(c2)C[C@H](CF)n2c-3nnc2C(F)(F)c2ncccc2C)c(Cl)cn1. The van der Waals surface area contributed by atoms with E-state index in [4.69, 9.17) is 17.3 Å². The van der Waals surface area contributed by atoms with E-state index in [1.807, 2.05) is 0 Å². The molecule has 0 aliphatic carbocycles. The Kier molecular flexibility index (Phi) is 6.66. The third kappa shape index (κ3) is 4.30. The van der Waals surface area contributed by atoms with Gasteiger partial charge < -0.3 is 15.6 Å². The lowest BCUT2D eigenvalue weighted by Gasteiger charge is -2.28. The molecule has 0 saturated carbocycles. The van der Waals surface area contributed by atoms with Crippen LogP contribution in [0.1, 0.15) is 23.1 Å². The molecule has 1 aliphatic heterocycles. The van der Waals surface area contributed by atoms with Crippen LogP contribution >= 0.6 is 11.6 Å². The molecule has 9 nitrogen and oxygen atoms in total. The van der Waals surface area contributed by atoms with E-state index in [1.165, 1.54) is 36.2 Å². The molecular formula is C25H23ClF3N9. The molecule has 1 atom stereocenters. The Morgan fingerprint density at radius 3 is 2.84 bits per heavy atom. The number of amidine groups is 1. The van der Waals surface area contributed by atoms with E-state index in [0.29, 0.717) is 39.1 Å². The molecule has 0 radical (unpaired) electrons. The van der Waals surface area contributed by atoms with Gasteiger partial charge >= 0.3 is 5.92 Å². The summed E-state index contributed by atoms with van der Waals surface area (Å²) in [6, 6.07) is 5.65. The third-order valence-corrected chi connectivity index (χ3v) is 6.58. The van der Waals surface area contributed by atoms with E-state index in [0.717, 1.165) is 0 Å². The van der Waals surface area contributed by atoms with Gasteiger partial charge in [0.15, 0.2) is 5.82 Å². The van der Waals surface area contributed by atoms with E-state index in [-0.39, 0.29) is 12.4 Å². The standard InChI is InChI=1S/C25H23ClF3N9/c1-14-4-3-7-32-22(14)25(28,29)24-36-35-23-19-8-15(12-37(19)13-16(10-27)38(23)24)17-9-21(33-11-18(17)26)34-20(31-2)5-6-30/h3-9,11-12,16H,10,13,30H2,1-2H3,(H,31,33,34)/t16-/m0/s1. The molecule has 196 valence electrons. The Labute approximate surface area is 220 Å². The summed E-state index contributed by atoms with van der Waals surface area (Å²) in [7, 11) is 1.60. The maximum atomic E-state index is 15.6. The molecule has 38 heavy (non-hydrogen) atoms. The highest BCUT2D eigenvalue weighted by Gasteiger charge is 2.45. The molecule has 0 amide bonds. The molecule has 0 unspecified atom stereocenters. The fourth-order valence-electron chi connectivity index (χ4n) is 4.49. The number of pyridine rings is 2. The molecule has 0 saturated heterocycles. The van der Waals surface area contributed by atoms with Crippen molar-refractivity contribution in [2.75, 3.05) is 19.0 Å². The summed E-state index contributed by atoms with van der Waals surface area (Å²) in [6.45, 7) is 0.750. The Hall–Kier alpha value is -4.19. The van der Waals surface area contributed by atoms with Crippen molar-refractivity contribution in [2.45, 2.75) is 25.4 Å². The minimum absolute atomic E-state index is 0.100. The van der Waals surface area contributed by atoms with Crippen LogP contribution in [-0.2, 0) is 12.5 Å². The second kappa shape index (κ2) is 9.93. The van der Waals surface area contributed by atoms with Crippen LogP contribution in [0.2, 0.25) is 5.02 Å². The van der Waals surface area contributed by atoms with Crippen LogP contribution in [0, 0.1) is 6.92 Å². The Bertz CT molecular complexity index is 1560. The number of nitrogens with zero attached hydrogens (tertiary/aromatic N) is 7. The summed E-state index contributed by atoms with van der Waals surface area (Å²) in [5.41, 5.74) is 7.09. The van der Waals surface area contributed by atoms with E-state index < -0.39 is 30.2 Å². The third-order valence-electron chi connectivity index (χ3n) is 6.28. The zero-order chi connectivity index (χ0) is 27.0. The lowest BCUT2D eigenvalue weighted by atomic mass is 10.1. The van der Waals surface area contributed by atoms with Crippen molar-refractivity contribution in [1.82, 2.24) is 29.3 Å². The van der Waals surface area contributed by atoms with Crippen molar-refractivity contribution >= 4 is 23.3 Å². The molecule has 3 N–H and O–H groups in total. The van der Waals surface area contributed by atoms with Crippen molar-refractivity contribution in [1.29, 1.82) is 0 Å². The van der Waals surface area contributed by atoms with Gasteiger partial charge in [0, 0.05) is 43.3 Å². The predicted molar refractivity (Wildman–Crippen MR) is 139 cm³/mol. The number of rotatable bonds is 6. The number of nitrogens with one attached hydrogen (secondary N) is 1. The van der Waals surface area contributed by atoms with Gasteiger partial charge in [-0.1, -0.05) is 17.7 Å². The molecule has 4 aromatic heterocycles.